The number of nitrogens with zero attached hydrogens (tertiary/aromatic N) is 3. The molecule has 7 nitrogen and oxygen atoms in total. The number of piperidine rings is 1. The van der Waals surface area contributed by atoms with Gasteiger partial charge in [-0.3, -0.25) is 0 Å². The molecular weight excluding hydrogens is 366 g/mol. The van der Waals surface area contributed by atoms with Crippen molar-refractivity contribution in [2.24, 2.45) is 0 Å². The van der Waals surface area contributed by atoms with Crippen molar-refractivity contribution < 1.29 is 17.9 Å². The Morgan fingerprint density at radius 3 is 2.37 bits per heavy atom. The van der Waals surface area contributed by atoms with Crippen LogP contribution in [0.1, 0.15) is 30.4 Å². The predicted octanol–water partition coefficient (Wildman–Crippen LogP) is 1.67. The Morgan fingerprint density at radius 1 is 0.889 bits per heavy atom. The van der Waals surface area contributed by atoms with Gasteiger partial charge in [-0.05, 0) is 42.5 Å². The number of amides is 2. The van der Waals surface area contributed by atoms with E-state index in [1.165, 1.54) is 0 Å². The van der Waals surface area contributed by atoms with Gasteiger partial charge >= 0.3 is 6.03 Å². The van der Waals surface area contributed by atoms with Gasteiger partial charge in [0, 0.05) is 39.3 Å². The lowest BCUT2D eigenvalue weighted by molar-refractivity contribution is 0.0421. The normalized spacial score (nSPS) is 21.8. The van der Waals surface area contributed by atoms with Gasteiger partial charge in [-0.2, -0.15) is 4.31 Å². The maximum atomic E-state index is 13.0. The Morgan fingerprint density at radius 2 is 1.63 bits per heavy atom. The lowest BCUT2D eigenvalue weighted by atomic mass is 10.00. The van der Waals surface area contributed by atoms with Gasteiger partial charge in [-0.15, -0.1) is 0 Å². The van der Waals surface area contributed by atoms with E-state index in [0.717, 1.165) is 36.8 Å². The number of fused-ring (bicyclic) bond motifs is 1. The Kier molecular flexibility index (Phi) is 5.39. The minimum absolute atomic E-state index is 0.0215. The van der Waals surface area contributed by atoms with E-state index in [0.29, 0.717) is 57.4 Å². The van der Waals surface area contributed by atoms with E-state index in [2.05, 4.69) is 0 Å². The Hall–Kier alpha value is -1.64. The van der Waals surface area contributed by atoms with Gasteiger partial charge < -0.3 is 14.5 Å². The summed E-state index contributed by atoms with van der Waals surface area (Å²) in [4.78, 5) is 16.8. The third-order valence-corrected chi connectivity index (χ3v) is 7.59. The zero-order valence-corrected chi connectivity index (χ0v) is 16.4. The largest absolute Gasteiger partial charge is 0.378 e. The number of morpholine rings is 1. The van der Waals surface area contributed by atoms with Crippen molar-refractivity contribution in [2.45, 2.75) is 37.1 Å². The van der Waals surface area contributed by atoms with Gasteiger partial charge in [-0.25, -0.2) is 13.2 Å². The van der Waals surface area contributed by atoms with Gasteiger partial charge in [0.05, 0.1) is 18.1 Å². The maximum Gasteiger partial charge on any atom is 0.320 e. The van der Waals surface area contributed by atoms with Crippen LogP contribution in [0.3, 0.4) is 0 Å². The minimum atomic E-state index is -3.45. The molecule has 8 heteroatoms. The predicted molar refractivity (Wildman–Crippen MR) is 101 cm³/mol. The second kappa shape index (κ2) is 7.77. The molecule has 0 spiro atoms. The standard InChI is InChI=1S/C19H27N3O4S/c23-19(20-10-12-26-13-11-20)21-9-6-16-4-5-18(14-17(16)15-21)27(24,25)22-7-2-1-3-8-22/h4-5,14H,1-3,6-13,15H2. The molecule has 3 aliphatic rings. The van der Waals surface area contributed by atoms with Crippen LogP contribution in [0.4, 0.5) is 4.79 Å². The molecule has 27 heavy (non-hydrogen) atoms. The van der Waals surface area contributed by atoms with Crippen molar-refractivity contribution >= 4 is 16.1 Å². The van der Waals surface area contributed by atoms with E-state index in [-0.39, 0.29) is 6.03 Å². The smallest absolute Gasteiger partial charge is 0.320 e. The summed E-state index contributed by atoms with van der Waals surface area (Å²) in [6.07, 6.45) is 3.70. The van der Waals surface area contributed by atoms with Crippen molar-refractivity contribution in [3.8, 4) is 0 Å². The molecule has 0 N–H and O–H groups in total. The molecule has 0 aliphatic carbocycles. The van der Waals surface area contributed by atoms with E-state index in [9.17, 15) is 13.2 Å². The average Bonchev–Trinajstić information content (AvgIpc) is 2.73. The number of urea groups is 1. The number of carbonyl (C=O) groups excluding carboxylic acids is 1. The van der Waals surface area contributed by atoms with Crippen LogP contribution in [0.25, 0.3) is 0 Å². The third-order valence-electron chi connectivity index (χ3n) is 5.69. The molecule has 0 saturated carbocycles. The number of hydrogen-bond donors (Lipinski definition) is 0. The van der Waals surface area contributed by atoms with E-state index < -0.39 is 10.0 Å². The van der Waals surface area contributed by atoms with Crippen LogP contribution in [0.5, 0.6) is 0 Å². The minimum Gasteiger partial charge on any atom is -0.378 e. The highest BCUT2D eigenvalue weighted by Crippen LogP contribution is 2.26. The van der Waals surface area contributed by atoms with E-state index in [4.69, 9.17) is 4.74 Å². The van der Waals surface area contributed by atoms with Crippen molar-refractivity contribution in [2.75, 3.05) is 45.9 Å². The molecule has 0 unspecified atom stereocenters. The molecule has 3 heterocycles. The molecule has 2 fully saturated rings. The first-order valence-corrected chi connectivity index (χ1v) is 11.2. The van der Waals surface area contributed by atoms with Crippen molar-refractivity contribution in [3.05, 3.63) is 29.3 Å². The summed E-state index contributed by atoms with van der Waals surface area (Å²) in [7, 11) is -3.45. The van der Waals surface area contributed by atoms with Crippen LogP contribution in [-0.4, -0.2) is 74.5 Å². The van der Waals surface area contributed by atoms with Crippen LogP contribution in [0.15, 0.2) is 23.1 Å². The summed E-state index contributed by atoms with van der Waals surface area (Å²) in [5.74, 6) is 0. The first kappa shape index (κ1) is 18.7. The molecule has 2 saturated heterocycles. The van der Waals surface area contributed by atoms with Crippen molar-refractivity contribution in [1.82, 2.24) is 14.1 Å². The first-order valence-electron chi connectivity index (χ1n) is 9.79. The van der Waals surface area contributed by atoms with E-state index in [1.807, 2.05) is 15.9 Å². The van der Waals surface area contributed by atoms with Crippen LogP contribution in [-0.2, 0) is 27.7 Å². The number of rotatable bonds is 2. The van der Waals surface area contributed by atoms with Crippen molar-refractivity contribution in [3.63, 3.8) is 0 Å². The SMILES string of the molecule is O=C(N1CCOCC1)N1CCc2ccc(S(=O)(=O)N3CCCCC3)cc2C1. The summed E-state index contributed by atoms with van der Waals surface area (Å²) in [6.45, 7) is 4.72. The highest BCUT2D eigenvalue weighted by atomic mass is 32.2. The van der Waals surface area contributed by atoms with Crippen LogP contribution in [0.2, 0.25) is 0 Å². The lowest BCUT2D eigenvalue weighted by Gasteiger charge is -2.35. The zero-order chi connectivity index (χ0) is 18.9. The second-order valence-electron chi connectivity index (χ2n) is 7.45. The molecule has 4 rings (SSSR count). The molecule has 0 bridgehead atoms. The third kappa shape index (κ3) is 3.83. The van der Waals surface area contributed by atoms with Gasteiger partial charge in [0.2, 0.25) is 10.0 Å². The highest BCUT2D eigenvalue weighted by molar-refractivity contribution is 7.89. The van der Waals surface area contributed by atoms with Crippen LogP contribution < -0.4 is 0 Å². The van der Waals surface area contributed by atoms with Crippen LogP contribution >= 0.6 is 0 Å². The first-order chi connectivity index (χ1) is 13.1. The number of sulfonamides is 1. The number of hydrogen-bond acceptors (Lipinski definition) is 4. The quantitative estimate of drug-likeness (QED) is 0.766. The summed E-state index contributed by atoms with van der Waals surface area (Å²) in [5.41, 5.74) is 2.08. The van der Waals surface area contributed by atoms with Gasteiger partial charge in [0.1, 0.15) is 0 Å². The summed E-state index contributed by atoms with van der Waals surface area (Å²) in [6, 6.07) is 5.44. The zero-order valence-electron chi connectivity index (χ0n) is 15.6. The fourth-order valence-electron chi connectivity index (χ4n) is 4.07. The van der Waals surface area contributed by atoms with Crippen LogP contribution in [0, 0.1) is 0 Å². The Bertz CT molecular complexity index is 799. The fourth-order valence-corrected chi connectivity index (χ4v) is 5.63. The monoisotopic (exact) mass is 393 g/mol. The van der Waals surface area contributed by atoms with Gasteiger partial charge in [-0.1, -0.05) is 12.5 Å². The maximum absolute atomic E-state index is 13.0. The molecular formula is C19H27N3O4S. The van der Waals surface area contributed by atoms with Gasteiger partial charge in [0.15, 0.2) is 0 Å². The highest BCUT2D eigenvalue weighted by Gasteiger charge is 2.29. The lowest BCUT2D eigenvalue weighted by Crippen LogP contribution is -2.49. The number of benzene rings is 1. The number of carbonyl (C=O) groups is 1. The topological polar surface area (TPSA) is 70.2 Å². The number of ether oxygens (including phenoxy) is 1. The average molecular weight is 394 g/mol. The Balaban J connectivity index is 1.52. The van der Waals surface area contributed by atoms with Crippen molar-refractivity contribution in [1.29, 1.82) is 0 Å². The summed E-state index contributed by atoms with van der Waals surface area (Å²) < 4.78 is 32.8. The molecule has 0 aromatic heterocycles. The second-order valence-corrected chi connectivity index (χ2v) is 9.39. The molecule has 1 aromatic rings. The van der Waals surface area contributed by atoms with E-state index >= 15 is 0 Å². The molecule has 1 aromatic carbocycles. The summed E-state index contributed by atoms with van der Waals surface area (Å²) >= 11 is 0. The molecule has 0 atom stereocenters. The van der Waals surface area contributed by atoms with E-state index in [1.54, 1.807) is 16.4 Å². The summed E-state index contributed by atoms with van der Waals surface area (Å²) in [5, 5.41) is 0. The van der Waals surface area contributed by atoms with Gasteiger partial charge in [0.25, 0.3) is 0 Å². The molecule has 2 amide bonds. The molecule has 3 aliphatic heterocycles. The molecule has 148 valence electrons. The molecule has 0 radical (unpaired) electrons. The Labute approximate surface area is 160 Å². The fraction of sp³-hybridized carbons (Fsp3) is 0.632.